The molecule has 0 aromatic carbocycles. The fraction of sp³-hybridized carbons (Fsp3) is 0.957. The molecule has 0 bridgehead atoms. The van der Waals surface area contributed by atoms with E-state index in [0.717, 1.165) is 19.4 Å². The SMILES string of the molecule is CCCCCCCCCCCCCCCCNC(=O)C1CCCC(C)N1. The van der Waals surface area contributed by atoms with Crippen LogP contribution >= 0.6 is 0 Å². The molecule has 0 radical (unpaired) electrons. The number of hydrogen-bond acceptors (Lipinski definition) is 2. The number of carbonyl (C=O) groups excluding carboxylic acids is 1. The molecule has 154 valence electrons. The van der Waals surface area contributed by atoms with Crippen molar-refractivity contribution in [3.8, 4) is 0 Å². The van der Waals surface area contributed by atoms with Gasteiger partial charge < -0.3 is 10.6 Å². The summed E-state index contributed by atoms with van der Waals surface area (Å²) in [6, 6.07) is 0.533. The third-order valence-corrected chi connectivity index (χ3v) is 5.76. The van der Waals surface area contributed by atoms with E-state index in [0.29, 0.717) is 6.04 Å². The molecule has 1 amide bonds. The summed E-state index contributed by atoms with van der Waals surface area (Å²) in [6.45, 7) is 5.31. The van der Waals surface area contributed by atoms with Crippen molar-refractivity contribution in [2.75, 3.05) is 6.54 Å². The van der Waals surface area contributed by atoms with Crippen molar-refractivity contribution in [3.05, 3.63) is 0 Å². The van der Waals surface area contributed by atoms with Crippen LogP contribution in [0.2, 0.25) is 0 Å². The number of unbranched alkanes of at least 4 members (excludes halogenated alkanes) is 13. The van der Waals surface area contributed by atoms with E-state index in [1.807, 2.05) is 0 Å². The van der Waals surface area contributed by atoms with Crippen molar-refractivity contribution in [2.45, 2.75) is 135 Å². The zero-order valence-electron chi connectivity index (χ0n) is 17.8. The fourth-order valence-corrected chi connectivity index (χ4v) is 4.00. The predicted molar refractivity (Wildman–Crippen MR) is 114 cm³/mol. The first-order valence-corrected chi connectivity index (χ1v) is 11.8. The summed E-state index contributed by atoms with van der Waals surface area (Å²) in [6.07, 6.45) is 22.7. The van der Waals surface area contributed by atoms with Gasteiger partial charge in [-0.1, -0.05) is 90.4 Å². The molecule has 2 unspecified atom stereocenters. The van der Waals surface area contributed by atoms with Gasteiger partial charge in [-0.3, -0.25) is 4.79 Å². The van der Waals surface area contributed by atoms with Crippen molar-refractivity contribution in [2.24, 2.45) is 0 Å². The zero-order valence-corrected chi connectivity index (χ0v) is 17.8. The van der Waals surface area contributed by atoms with Gasteiger partial charge in [0.1, 0.15) is 0 Å². The molecule has 0 aromatic rings. The molecule has 0 aliphatic carbocycles. The molecule has 1 aliphatic rings. The molecule has 2 atom stereocenters. The van der Waals surface area contributed by atoms with E-state index in [2.05, 4.69) is 24.5 Å². The number of amides is 1. The molecule has 26 heavy (non-hydrogen) atoms. The normalized spacial score (nSPS) is 20.2. The third kappa shape index (κ3) is 12.7. The molecule has 1 saturated heterocycles. The van der Waals surface area contributed by atoms with Gasteiger partial charge in [0.25, 0.3) is 0 Å². The van der Waals surface area contributed by atoms with Gasteiger partial charge in [-0.05, 0) is 32.6 Å². The van der Waals surface area contributed by atoms with Gasteiger partial charge in [0.2, 0.25) is 5.91 Å². The maximum Gasteiger partial charge on any atom is 0.237 e. The summed E-state index contributed by atoms with van der Waals surface area (Å²) >= 11 is 0. The summed E-state index contributed by atoms with van der Waals surface area (Å²) in [4.78, 5) is 12.1. The molecule has 3 heteroatoms. The first-order chi connectivity index (χ1) is 12.7. The second kappa shape index (κ2) is 16.6. The Kier molecular flexibility index (Phi) is 15.0. The Morgan fingerprint density at radius 3 is 1.81 bits per heavy atom. The van der Waals surface area contributed by atoms with Crippen LogP contribution in [0.1, 0.15) is 123 Å². The van der Waals surface area contributed by atoms with Crippen LogP contribution in [0.15, 0.2) is 0 Å². The molecule has 2 N–H and O–H groups in total. The lowest BCUT2D eigenvalue weighted by molar-refractivity contribution is -0.123. The van der Waals surface area contributed by atoms with Crippen LogP contribution in [0.5, 0.6) is 0 Å². The van der Waals surface area contributed by atoms with Gasteiger partial charge in [-0.25, -0.2) is 0 Å². The van der Waals surface area contributed by atoms with Gasteiger partial charge in [0.15, 0.2) is 0 Å². The van der Waals surface area contributed by atoms with Crippen molar-refractivity contribution >= 4 is 5.91 Å². The second-order valence-electron chi connectivity index (χ2n) is 8.44. The number of nitrogens with one attached hydrogen (secondary N) is 2. The minimum atomic E-state index is 0.0467. The highest BCUT2D eigenvalue weighted by molar-refractivity contribution is 5.81. The second-order valence-corrected chi connectivity index (χ2v) is 8.44. The van der Waals surface area contributed by atoms with Crippen LogP contribution in [-0.4, -0.2) is 24.5 Å². The van der Waals surface area contributed by atoms with Gasteiger partial charge in [-0.2, -0.15) is 0 Å². The lowest BCUT2D eigenvalue weighted by Gasteiger charge is -2.27. The van der Waals surface area contributed by atoms with E-state index in [9.17, 15) is 4.79 Å². The lowest BCUT2D eigenvalue weighted by atomic mass is 9.99. The first kappa shape index (κ1) is 23.5. The maximum absolute atomic E-state index is 12.1. The van der Waals surface area contributed by atoms with Crippen molar-refractivity contribution in [1.29, 1.82) is 0 Å². The van der Waals surface area contributed by atoms with Crippen LogP contribution < -0.4 is 10.6 Å². The number of hydrogen-bond donors (Lipinski definition) is 2. The summed E-state index contributed by atoms with van der Waals surface area (Å²) in [5.41, 5.74) is 0. The van der Waals surface area contributed by atoms with Crippen LogP contribution in [-0.2, 0) is 4.79 Å². The summed E-state index contributed by atoms with van der Waals surface area (Å²) in [5.74, 6) is 0.214. The topological polar surface area (TPSA) is 41.1 Å². The van der Waals surface area contributed by atoms with Crippen molar-refractivity contribution in [1.82, 2.24) is 10.6 Å². The van der Waals surface area contributed by atoms with Crippen molar-refractivity contribution < 1.29 is 4.79 Å². The Morgan fingerprint density at radius 1 is 0.808 bits per heavy atom. The minimum Gasteiger partial charge on any atom is -0.355 e. The van der Waals surface area contributed by atoms with E-state index < -0.39 is 0 Å². The van der Waals surface area contributed by atoms with Crippen LogP contribution in [0.4, 0.5) is 0 Å². The Bertz CT molecular complexity index is 332. The fourth-order valence-electron chi connectivity index (χ4n) is 4.00. The minimum absolute atomic E-state index is 0.0467. The predicted octanol–water partition coefficient (Wildman–Crippen LogP) is 6.11. The standard InChI is InChI=1S/C23H46N2O/c1-3-4-5-6-7-8-9-10-11-12-13-14-15-16-20-24-23(26)22-19-17-18-21(2)25-22/h21-22,25H,3-20H2,1-2H3,(H,24,26). The highest BCUT2D eigenvalue weighted by Crippen LogP contribution is 2.14. The smallest absolute Gasteiger partial charge is 0.237 e. The molecular weight excluding hydrogens is 320 g/mol. The zero-order chi connectivity index (χ0) is 18.9. The van der Waals surface area contributed by atoms with Crippen LogP contribution in [0.25, 0.3) is 0 Å². The lowest BCUT2D eigenvalue weighted by Crippen LogP contribution is -2.50. The number of piperidine rings is 1. The Labute approximate surface area is 163 Å². The molecule has 1 rings (SSSR count). The van der Waals surface area contributed by atoms with Crippen LogP contribution in [0.3, 0.4) is 0 Å². The van der Waals surface area contributed by atoms with Gasteiger partial charge in [0, 0.05) is 12.6 Å². The van der Waals surface area contributed by atoms with E-state index in [1.54, 1.807) is 0 Å². The molecule has 3 nitrogen and oxygen atoms in total. The Hall–Kier alpha value is -0.570. The van der Waals surface area contributed by atoms with Crippen molar-refractivity contribution in [3.63, 3.8) is 0 Å². The van der Waals surface area contributed by atoms with Gasteiger partial charge in [0.05, 0.1) is 6.04 Å². The molecule has 1 aliphatic heterocycles. The van der Waals surface area contributed by atoms with Gasteiger partial charge >= 0.3 is 0 Å². The summed E-state index contributed by atoms with van der Waals surface area (Å²) in [7, 11) is 0. The molecule has 0 spiro atoms. The Morgan fingerprint density at radius 2 is 1.31 bits per heavy atom. The summed E-state index contributed by atoms with van der Waals surface area (Å²) in [5, 5.41) is 6.52. The van der Waals surface area contributed by atoms with E-state index in [-0.39, 0.29) is 11.9 Å². The first-order valence-electron chi connectivity index (χ1n) is 11.8. The molecule has 0 saturated carbocycles. The molecule has 1 heterocycles. The number of carbonyl (C=O) groups is 1. The summed E-state index contributed by atoms with van der Waals surface area (Å²) < 4.78 is 0. The van der Waals surface area contributed by atoms with Crippen LogP contribution in [0, 0.1) is 0 Å². The van der Waals surface area contributed by atoms with E-state index in [4.69, 9.17) is 0 Å². The van der Waals surface area contributed by atoms with E-state index >= 15 is 0 Å². The highest BCUT2D eigenvalue weighted by Gasteiger charge is 2.23. The Balaban J connectivity index is 1.77. The van der Waals surface area contributed by atoms with E-state index in [1.165, 1.54) is 96.3 Å². The quantitative estimate of drug-likeness (QED) is 0.323. The number of rotatable bonds is 16. The average molecular weight is 367 g/mol. The molecular formula is C23H46N2O. The molecule has 0 aromatic heterocycles. The monoisotopic (exact) mass is 366 g/mol. The van der Waals surface area contributed by atoms with Gasteiger partial charge in [-0.15, -0.1) is 0 Å². The third-order valence-electron chi connectivity index (χ3n) is 5.76. The molecule has 1 fully saturated rings. The highest BCUT2D eigenvalue weighted by atomic mass is 16.2. The maximum atomic E-state index is 12.1. The largest absolute Gasteiger partial charge is 0.355 e. The average Bonchev–Trinajstić information content (AvgIpc) is 2.64.